The van der Waals surface area contributed by atoms with Crippen LogP contribution in [0.25, 0.3) is 21.9 Å². The van der Waals surface area contributed by atoms with Crippen molar-refractivity contribution in [1.82, 2.24) is 4.98 Å². The fourth-order valence-electron chi connectivity index (χ4n) is 2.76. The Morgan fingerprint density at radius 3 is 2.81 bits per heavy atom. The highest BCUT2D eigenvalue weighted by Crippen LogP contribution is 2.39. The SMILES string of the molecule is c1ccc2c3c(ccc2c1)-c1cc[nH]c1C3. The van der Waals surface area contributed by atoms with Crippen LogP contribution in [0.1, 0.15) is 11.3 Å². The van der Waals surface area contributed by atoms with Crippen molar-refractivity contribution in [2.45, 2.75) is 6.42 Å². The van der Waals surface area contributed by atoms with Crippen LogP contribution in [0.15, 0.2) is 48.7 Å². The van der Waals surface area contributed by atoms with E-state index in [0.717, 1.165) is 6.42 Å². The molecule has 0 atom stereocenters. The van der Waals surface area contributed by atoms with Gasteiger partial charge in [-0.1, -0.05) is 36.4 Å². The van der Waals surface area contributed by atoms with Crippen LogP contribution in [0.2, 0.25) is 0 Å². The molecule has 0 bridgehead atoms. The first-order valence-corrected chi connectivity index (χ1v) is 5.61. The second kappa shape index (κ2) is 2.76. The summed E-state index contributed by atoms with van der Waals surface area (Å²) in [4.78, 5) is 3.33. The van der Waals surface area contributed by atoms with Crippen molar-refractivity contribution in [3.8, 4) is 11.1 Å². The van der Waals surface area contributed by atoms with Crippen molar-refractivity contribution in [3.63, 3.8) is 0 Å². The molecular weight excluding hydrogens is 194 g/mol. The van der Waals surface area contributed by atoms with E-state index in [9.17, 15) is 0 Å². The minimum Gasteiger partial charge on any atom is -0.364 e. The molecule has 1 heteroatoms. The maximum atomic E-state index is 3.33. The zero-order valence-electron chi connectivity index (χ0n) is 8.83. The molecule has 1 heterocycles. The van der Waals surface area contributed by atoms with Gasteiger partial charge in [0.25, 0.3) is 0 Å². The summed E-state index contributed by atoms with van der Waals surface area (Å²) in [5.74, 6) is 0. The van der Waals surface area contributed by atoms with Gasteiger partial charge in [-0.25, -0.2) is 0 Å². The largest absolute Gasteiger partial charge is 0.364 e. The van der Waals surface area contributed by atoms with Crippen LogP contribution in [0.4, 0.5) is 0 Å². The van der Waals surface area contributed by atoms with Gasteiger partial charge in [-0.05, 0) is 28.0 Å². The van der Waals surface area contributed by atoms with E-state index in [0.29, 0.717) is 0 Å². The molecule has 0 aliphatic heterocycles. The maximum absolute atomic E-state index is 3.33. The summed E-state index contributed by atoms with van der Waals surface area (Å²) in [5.41, 5.74) is 5.60. The number of fused-ring (bicyclic) bond motifs is 5. The summed E-state index contributed by atoms with van der Waals surface area (Å²) >= 11 is 0. The molecule has 1 aliphatic carbocycles. The predicted octanol–water partition coefficient (Wildman–Crippen LogP) is 3.74. The molecule has 3 aromatic rings. The van der Waals surface area contributed by atoms with Crippen molar-refractivity contribution in [3.05, 3.63) is 59.9 Å². The molecule has 4 rings (SSSR count). The molecule has 0 amide bonds. The summed E-state index contributed by atoms with van der Waals surface area (Å²) in [6, 6.07) is 15.3. The first-order valence-electron chi connectivity index (χ1n) is 5.61. The summed E-state index contributed by atoms with van der Waals surface area (Å²) in [6.45, 7) is 0. The number of hydrogen-bond donors (Lipinski definition) is 1. The van der Waals surface area contributed by atoms with Crippen molar-refractivity contribution in [1.29, 1.82) is 0 Å². The second-order valence-corrected chi connectivity index (χ2v) is 4.36. The number of hydrogen-bond acceptors (Lipinski definition) is 0. The molecule has 1 aromatic heterocycles. The summed E-state index contributed by atoms with van der Waals surface area (Å²) in [5, 5.41) is 2.73. The Kier molecular flexibility index (Phi) is 1.41. The Morgan fingerprint density at radius 2 is 1.81 bits per heavy atom. The third kappa shape index (κ3) is 0.904. The van der Waals surface area contributed by atoms with Crippen LogP contribution in [0.5, 0.6) is 0 Å². The summed E-state index contributed by atoms with van der Waals surface area (Å²) in [7, 11) is 0. The molecule has 2 aromatic carbocycles. The molecule has 1 nitrogen and oxygen atoms in total. The standard InChI is InChI=1S/C15H11N/c1-2-4-11-10(3-1)5-6-12-13-7-8-16-15(13)9-14(11)12/h1-8,16H,9H2. The average Bonchev–Trinajstić information content (AvgIpc) is 2.88. The van der Waals surface area contributed by atoms with Crippen molar-refractivity contribution < 1.29 is 0 Å². The topological polar surface area (TPSA) is 15.8 Å². The third-order valence-electron chi connectivity index (χ3n) is 3.52. The van der Waals surface area contributed by atoms with E-state index in [4.69, 9.17) is 0 Å². The normalized spacial score (nSPS) is 12.8. The molecule has 0 unspecified atom stereocenters. The van der Waals surface area contributed by atoms with E-state index >= 15 is 0 Å². The van der Waals surface area contributed by atoms with E-state index in [2.05, 4.69) is 47.4 Å². The van der Waals surface area contributed by atoms with Crippen LogP contribution in [0.3, 0.4) is 0 Å². The quantitative estimate of drug-likeness (QED) is 0.450. The van der Waals surface area contributed by atoms with E-state index in [1.807, 2.05) is 6.20 Å². The van der Waals surface area contributed by atoms with Gasteiger partial charge < -0.3 is 4.98 Å². The minimum absolute atomic E-state index is 1.04. The molecule has 0 radical (unpaired) electrons. The van der Waals surface area contributed by atoms with Gasteiger partial charge in [0.1, 0.15) is 0 Å². The van der Waals surface area contributed by atoms with Gasteiger partial charge in [-0.3, -0.25) is 0 Å². The lowest BCUT2D eigenvalue weighted by Gasteiger charge is -2.04. The van der Waals surface area contributed by atoms with E-state index in [1.54, 1.807) is 0 Å². The van der Waals surface area contributed by atoms with Gasteiger partial charge in [0.05, 0.1) is 0 Å². The van der Waals surface area contributed by atoms with Crippen LogP contribution >= 0.6 is 0 Å². The van der Waals surface area contributed by atoms with Crippen molar-refractivity contribution >= 4 is 10.8 Å². The molecule has 0 fully saturated rings. The first kappa shape index (κ1) is 8.17. The van der Waals surface area contributed by atoms with E-state index in [1.165, 1.54) is 33.2 Å². The van der Waals surface area contributed by atoms with Crippen LogP contribution in [0, 0.1) is 0 Å². The summed E-state index contributed by atoms with van der Waals surface area (Å²) in [6.07, 6.45) is 3.07. The Balaban J connectivity index is 2.14. The van der Waals surface area contributed by atoms with E-state index < -0.39 is 0 Å². The average molecular weight is 205 g/mol. The number of benzene rings is 2. The molecule has 0 saturated carbocycles. The maximum Gasteiger partial charge on any atom is 0.0271 e. The molecule has 1 aliphatic rings. The highest BCUT2D eigenvalue weighted by atomic mass is 14.7. The van der Waals surface area contributed by atoms with Gasteiger partial charge >= 0.3 is 0 Å². The Hall–Kier alpha value is -2.02. The third-order valence-corrected chi connectivity index (χ3v) is 3.52. The number of aromatic nitrogens is 1. The van der Waals surface area contributed by atoms with Crippen molar-refractivity contribution in [2.75, 3.05) is 0 Å². The van der Waals surface area contributed by atoms with Crippen LogP contribution in [-0.4, -0.2) is 4.98 Å². The van der Waals surface area contributed by atoms with Crippen LogP contribution in [-0.2, 0) is 6.42 Å². The Morgan fingerprint density at radius 1 is 0.875 bits per heavy atom. The highest BCUT2D eigenvalue weighted by Gasteiger charge is 2.20. The van der Waals surface area contributed by atoms with Gasteiger partial charge in [0.2, 0.25) is 0 Å². The van der Waals surface area contributed by atoms with Gasteiger partial charge in [-0.15, -0.1) is 0 Å². The van der Waals surface area contributed by atoms with E-state index in [-0.39, 0.29) is 0 Å². The molecule has 0 saturated heterocycles. The zero-order valence-corrected chi connectivity index (χ0v) is 8.83. The van der Waals surface area contributed by atoms with Crippen LogP contribution < -0.4 is 0 Å². The Labute approximate surface area is 93.7 Å². The highest BCUT2D eigenvalue weighted by molar-refractivity contribution is 5.94. The summed E-state index contributed by atoms with van der Waals surface area (Å²) < 4.78 is 0. The van der Waals surface area contributed by atoms with Crippen molar-refractivity contribution in [2.24, 2.45) is 0 Å². The van der Waals surface area contributed by atoms with Gasteiger partial charge in [-0.2, -0.15) is 0 Å². The number of H-pyrrole nitrogens is 1. The Bertz CT molecular complexity index is 691. The molecule has 76 valence electrons. The monoisotopic (exact) mass is 205 g/mol. The molecule has 0 spiro atoms. The van der Waals surface area contributed by atoms with Gasteiger partial charge in [0, 0.05) is 23.9 Å². The fourth-order valence-corrected chi connectivity index (χ4v) is 2.76. The predicted molar refractivity (Wildman–Crippen MR) is 66.5 cm³/mol. The lowest BCUT2D eigenvalue weighted by molar-refractivity contribution is 1.16. The number of rotatable bonds is 0. The minimum atomic E-state index is 1.04. The lowest BCUT2D eigenvalue weighted by atomic mass is 9.99. The molecule has 16 heavy (non-hydrogen) atoms. The van der Waals surface area contributed by atoms with Gasteiger partial charge in [0.15, 0.2) is 0 Å². The lowest BCUT2D eigenvalue weighted by Crippen LogP contribution is -1.84. The molecule has 1 N–H and O–H groups in total. The molecular formula is C15H11N. The number of nitrogens with one attached hydrogen (secondary N) is 1. The fraction of sp³-hybridized carbons (Fsp3) is 0.0667. The number of aromatic amines is 1. The zero-order chi connectivity index (χ0) is 10.5. The second-order valence-electron chi connectivity index (χ2n) is 4.36. The first-order chi connectivity index (χ1) is 7.93. The smallest absolute Gasteiger partial charge is 0.0271 e.